The summed E-state index contributed by atoms with van der Waals surface area (Å²) >= 11 is 0. The predicted octanol–water partition coefficient (Wildman–Crippen LogP) is 3.24. The van der Waals surface area contributed by atoms with E-state index in [9.17, 15) is 9.59 Å². The lowest BCUT2D eigenvalue weighted by molar-refractivity contribution is -0.153. The van der Waals surface area contributed by atoms with Gasteiger partial charge >= 0.3 is 0 Å². The Kier molecular flexibility index (Phi) is 3.17. The highest BCUT2D eigenvalue weighted by Gasteiger charge is 2.56. The molecule has 17 heavy (non-hydrogen) atoms. The molecule has 0 radical (unpaired) electrons. The second kappa shape index (κ2) is 4.22. The van der Waals surface area contributed by atoms with Gasteiger partial charge < -0.3 is 0 Å². The molecule has 2 saturated carbocycles. The summed E-state index contributed by atoms with van der Waals surface area (Å²) in [5.74, 6) is 1.38. The van der Waals surface area contributed by atoms with Gasteiger partial charge in [-0.05, 0) is 24.7 Å². The van der Waals surface area contributed by atoms with Gasteiger partial charge in [0.05, 0.1) is 0 Å². The van der Waals surface area contributed by atoms with Crippen molar-refractivity contribution < 1.29 is 9.59 Å². The zero-order chi connectivity index (χ0) is 12.8. The van der Waals surface area contributed by atoms with Gasteiger partial charge in [-0.1, -0.05) is 34.1 Å². The minimum Gasteiger partial charge on any atom is -0.299 e. The third-order valence-electron chi connectivity index (χ3n) is 5.25. The average molecular weight is 236 g/mol. The van der Waals surface area contributed by atoms with Crippen molar-refractivity contribution in [2.45, 2.75) is 53.4 Å². The van der Waals surface area contributed by atoms with Crippen LogP contribution in [0.3, 0.4) is 0 Å². The van der Waals surface area contributed by atoms with Crippen LogP contribution in [0.1, 0.15) is 53.4 Å². The predicted molar refractivity (Wildman–Crippen MR) is 67.6 cm³/mol. The number of carbonyl (C=O) groups is 2. The topological polar surface area (TPSA) is 34.1 Å². The molecule has 0 N–H and O–H groups in total. The highest BCUT2D eigenvalue weighted by atomic mass is 16.1. The van der Waals surface area contributed by atoms with Gasteiger partial charge in [-0.25, -0.2) is 0 Å². The molecule has 0 bridgehead atoms. The summed E-state index contributed by atoms with van der Waals surface area (Å²) in [6, 6.07) is 0. The van der Waals surface area contributed by atoms with Crippen LogP contribution in [0.4, 0.5) is 0 Å². The van der Waals surface area contributed by atoms with E-state index >= 15 is 0 Å². The van der Waals surface area contributed by atoms with E-state index in [1.807, 2.05) is 0 Å². The lowest BCUT2D eigenvalue weighted by atomic mass is 9.55. The van der Waals surface area contributed by atoms with Crippen LogP contribution < -0.4 is 0 Å². The quantitative estimate of drug-likeness (QED) is 0.737. The molecule has 2 rings (SSSR count). The van der Waals surface area contributed by atoms with E-state index in [1.54, 1.807) is 0 Å². The third kappa shape index (κ3) is 1.68. The highest BCUT2D eigenvalue weighted by Crippen LogP contribution is 2.51. The van der Waals surface area contributed by atoms with Crippen molar-refractivity contribution >= 4 is 11.6 Å². The summed E-state index contributed by atoms with van der Waals surface area (Å²) in [7, 11) is 0. The Morgan fingerprint density at radius 3 is 2.06 bits per heavy atom. The van der Waals surface area contributed by atoms with Gasteiger partial charge in [-0.15, -0.1) is 0 Å². The van der Waals surface area contributed by atoms with E-state index in [-0.39, 0.29) is 29.1 Å². The molecular weight excluding hydrogens is 212 g/mol. The van der Waals surface area contributed by atoms with Crippen molar-refractivity contribution in [1.29, 1.82) is 0 Å². The molecule has 0 aliphatic heterocycles. The Balaban J connectivity index is 2.41. The first kappa shape index (κ1) is 12.8. The molecule has 0 aromatic heterocycles. The van der Waals surface area contributed by atoms with Crippen LogP contribution >= 0.6 is 0 Å². The SMILES string of the molecule is CC(C)C1(C(C)C)CC(=O)[C@@H]2CCCC2C1=O. The molecule has 0 spiro atoms. The number of hydrogen-bond acceptors (Lipinski definition) is 2. The van der Waals surface area contributed by atoms with E-state index in [2.05, 4.69) is 27.7 Å². The molecule has 0 heterocycles. The molecule has 0 aromatic rings. The molecule has 0 amide bonds. The maximum Gasteiger partial charge on any atom is 0.143 e. The summed E-state index contributed by atoms with van der Waals surface area (Å²) < 4.78 is 0. The molecule has 1 unspecified atom stereocenters. The molecule has 2 nitrogen and oxygen atoms in total. The fourth-order valence-corrected chi connectivity index (χ4v) is 4.15. The maximum absolute atomic E-state index is 12.8. The van der Waals surface area contributed by atoms with Crippen LogP contribution in [-0.2, 0) is 9.59 Å². The lowest BCUT2D eigenvalue weighted by Crippen LogP contribution is -2.52. The maximum atomic E-state index is 12.8. The van der Waals surface area contributed by atoms with Crippen LogP contribution in [0.15, 0.2) is 0 Å². The number of rotatable bonds is 2. The molecule has 0 aromatic carbocycles. The monoisotopic (exact) mass is 236 g/mol. The van der Waals surface area contributed by atoms with Crippen molar-refractivity contribution in [2.75, 3.05) is 0 Å². The minimum atomic E-state index is -0.386. The van der Waals surface area contributed by atoms with Gasteiger partial charge in [-0.3, -0.25) is 9.59 Å². The van der Waals surface area contributed by atoms with Gasteiger partial charge in [-0.2, -0.15) is 0 Å². The van der Waals surface area contributed by atoms with Crippen LogP contribution in [0, 0.1) is 29.1 Å². The Bertz CT molecular complexity index is 333. The molecular formula is C15H24O2. The molecule has 0 saturated heterocycles. The van der Waals surface area contributed by atoms with Crippen LogP contribution in [0.2, 0.25) is 0 Å². The Morgan fingerprint density at radius 2 is 1.53 bits per heavy atom. The van der Waals surface area contributed by atoms with Crippen molar-refractivity contribution in [2.24, 2.45) is 29.1 Å². The molecule has 2 fully saturated rings. The summed E-state index contributed by atoms with van der Waals surface area (Å²) in [5, 5.41) is 0. The summed E-state index contributed by atoms with van der Waals surface area (Å²) in [6.45, 7) is 8.39. The average Bonchev–Trinajstić information content (AvgIpc) is 2.71. The first-order chi connectivity index (χ1) is 7.91. The van der Waals surface area contributed by atoms with Gasteiger partial charge in [0, 0.05) is 23.7 Å². The standard InChI is InChI=1S/C15H24O2/c1-9(2)15(10(3)4)8-13(16)11-6-5-7-12(11)14(15)17/h9-12H,5-8H2,1-4H3/t11-,12?/m1/s1. The van der Waals surface area contributed by atoms with Crippen LogP contribution in [0.5, 0.6) is 0 Å². The fourth-order valence-electron chi connectivity index (χ4n) is 4.15. The third-order valence-corrected chi connectivity index (χ3v) is 5.25. The molecule has 2 atom stereocenters. The van der Waals surface area contributed by atoms with Crippen molar-refractivity contribution in [1.82, 2.24) is 0 Å². The normalized spacial score (nSPS) is 32.4. The number of hydrogen-bond donors (Lipinski definition) is 0. The Labute approximate surface area is 104 Å². The summed E-state index contributed by atoms with van der Waals surface area (Å²) in [6.07, 6.45) is 3.43. The summed E-state index contributed by atoms with van der Waals surface area (Å²) in [4.78, 5) is 25.1. The number of carbonyl (C=O) groups excluding carboxylic acids is 2. The minimum absolute atomic E-state index is 0.0426. The zero-order valence-electron chi connectivity index (χ0n) is 11.5. The van der Waals surface area contributed by atoms with Gasteiger partial charge in [0.25, 0.3) is 0 Å². The van der Waals surface area contributed by atoms with Crippen molar-refractivity contribution in [3.63, 3.8) is 0 Å². The van der Waals surface area contributed by atoms with E-state index in [0.29, 0.717) is 18.0 Å². The first-order valence-corrected chi connectivity index (χ1v) is 6.98. The first-order valence-electron chi connectivity index (χ1n) is 6.98. The van der Waals surface area contributed by atoms with E-state index < -0.39 is 0 Å². The smallest absolute Gasteiger partial charge is 0.143 e. The number of Topliss-reactive ketones (excluding diaryl/α,β-unsaturated/α-hetero) is 2. The largest absolute Gasteiger partial charge is 0.299 e. The van der Waals surface area contributed by atoms with Crippen molar-refractivity contribution in [3.05, 3.63) is 0 Å². The van der Waals surface area contributed by atoms with E-state index in [0.717, 1.165) is 19.3 Å². The second-order valence-corrected chi connectivity index (χ2v) is 6.50. The van der Waals surface area contributed by atoms with Gasteiger partial charge in [0.2, 0.25) is 0 Å². The molecule has 2 aliphatic rings. The number of fused-ring (bicyclic) bond motifs is 1. The second-order valence-electron chi connectivity index (χ2n) is 6.50. The van der Waals surface area contributed by atoms with Crippen molar-refractivity contribution in [3.8, 4) is 0 Å². The molecule has 2 heteroatoms. The van der Waals surface area contributed by atoms with E-state index in [4.69, 9.17) is 0 Å². The van der Waals surface area contributed by atoms with Crippen LogP contribution in [0.25, 0.3) is 0 Å². The Morgan fingerprint density at radius 1 is 1.00 bits per heavy atom. The Hall–Kier alpha value is -0.660. The highest BCUT2D eigenvalue weighted by molar-refractivity contribution is 6.01. The van der Waals surface area contributed by atoms with Gasteiger partial charge in [0.15, 0.2) is 0 Å². The number of ketones is 2. The van der Waals surface area contributed by atoms with Crippen LogP contribution in [-0.4, -0.2) is 11.6 Å². The molecule has 2 aliphatic carbocycles. The fraction of sp³-hybridized carbons (Fsp3) is 0.867. The summed E-state index contributed by atoms with van der Waals surface area (Å²) in [5.41, 5.74) is -0.386. The van der Waals surface area contributed by atoms with E-state index in [1.165, 1.54) is 0 Å². The van der Waals surface area contributed by atoms with Gasteiger partial charge in [0.1, 0.15) is 11.6 Å². The molecule has 96 valence electrons. The zero-order valence-corrected chi connectivity index (χ0v) is 11.5. The lowest BCUT2D eigenvalue weighted by Gasteiger charge is -2.46.